The minimum absolute atomic E-state index is 0.0183. The summed E-state index contributed by atoms with van der Waals surface area (Å²) in [6.45, 7) is 2.95. The number of carbonyl (C=O) groups excluding carboxylic acids is 1. The topological polar surface area (TPSA) is 54.9 Å². The van der Waals surface area contributed by atoms with E-state index in [1.807, 2.05) is 59.5 Å². The van der Waals surface area contributed by atoms with Crippen LogP contribution >= 0.6 is 11.3 Å². The fraction of sp³-hybridized carbons (Fsp3) is 0.273. The molecule has 4 rings (SSSR count). The van der Waals surface area contributed by atoms with Gasteiger partial charge in [-0.3, -0.25) is 4.79 Å². The first-order chi connectivity index (χ1) is 14.2. The molecule has 1 aliphatic rings. The molecule has 0 N–H and O–H groups in total. The predicted molar refractivity (Wildman–Crippen MR) is 115 cm³/mol. The molecule has 6 nitrogen and oxygen atoms in total. The van der Waals surface area contributed by atoms with Crippen LogP contribution in [0.15, 0.2) is 60.0 Å². The molecule has 2 aromatic carbocycles. The Kier molecular flexibility index (Phi) is 5.95. The lowest BCUT2D eigenvalue weighted by molar-refractivity contribution is -0.133. The lowest BCUT2D eigenvalue weighted by Gasteiger charge is -2.34. The van der Waals surface area contributed by atoms with Crippen molar-refractivity contribution in [2.45, 2.75) is 0 Å². The highest BCUT2D eigenvalue weighted by molar-refractivity contribution is 7.14. The predicted octanol–water partition coefficient (Wildman–Crippen LogP) is 3.55. The Labute approximate surface area is 174 Å². The van der Waals surface area contributed by atoms with Gasteiger partial charge in [0.1, 0.15) is 11.5 Å². The highest BCUT2D eigenvalue weighted by atomic mass is 32.1. The molecule has 0 saturated carbocycles. The normalized spacial score (nSPS) is 14.0. The van der Waals surface area contributed by atoms with Crippen LogP contribution in [0.3, 0.4) is 0 Å². The Morgan fingerprint density at radius 3 is 2.55 bits per heavy atom. The Morgan fingerprint density at radius 1 is 1.03 bits per heavy atom. The van der Waals surface area contributed by atoms with E-state index in [9.17, 15) is 4.79 Å². The smallest absolute Gasteiger partial charge is 0.260 e. The summed E-state index contributed by atoms with van der Waals surface area (Å²) in [5, 5.41) is 3.05. The molecule has 1 fully saturated rings. The van der Waals surface area contributed by atoms with Crippen molar-refractivity contribution in [1.82, 2.24) is 9.88 Å². The maximum absolute atomic E-state index is 12.4. The highest BCUT2D eigenvalue weighted by Gasteiger charge is 2.23. The van der Waals surface area contributed by atoms with Crippen molar-refractivity contribution in [2.24, 2.45) is 0 Å². The van der Waals surface area contributed by atoms with Crippen LogP contribution in [0.4, 0.5) is 5.13 Å². The number of thiazole rings is 1. The van der Waals surface area contributed by atoms with Crippen LogP contribution in [0.25, 0.3) is 11.3 Å². The molecule has 0 atom stereocenters. The van der Waals surface area contributed by atoms with Crippen molar-refractivity contribution >= 4 is 22.4 Å². The van der Waals surface area contributed by atoms with Gasteiger partial charge in [-0.2, -0.15) is 0 Å². The number of anilines is 1. The molecule has 7 heteroatoms. The lowest BCUT2D eigenvalue weighted by atomic mass is 10.2. The van der Waals surface area contributed by atoms with E-state index in [4.69, 9.17) is 14.5 Å². The van der Waals surface area contributed by atoms with Gasteiger partial charge in [0.25, 0.3) is 5.91 Å². The maximum atomic E-state index is 12.4. The van der Waals surface area contributed by atoms with Gasteiger partial charge in [-0.1, -0.05) is 30.3 Å². The van der Waals surface area contributed by atoms with Crippen LogP contribution in [-0.2, 0) is 4.79 Å². The molecule has 29 heavy (non-hydrogen) atoms. The molecule has 150 valence electrons. The minimum Gasteiger partial charge on any atom is -0.497 e. The Hall–Kier alpha value is -3.06. The Bertz CT molecular complexity index is 953. The molecule has 1 aromatic heterocycles. The van der Waals surface area contributed by atoms with Gasteiger partial charge in [0, 0.05) is 37.1 Å². The lowest BCUT2D eigenvalue weighted by Crippen LogP contribution is -2.50. The summed E-state index contributed by atoms with van der Waals surface area (Å²) in [6.07, 6.45) is 0. The van der Waals surface area contributed by atoms with E-state index in [-0.39, 0.29) is 12.5 Å². The molecule has 1 saturated heterocycles. The van der Waals surface area contributed by atoms with Gasteiger partial charge >= 0.3 is 0 Å². The van der Waals surface area contributed by atoms with Crippen LogP contribution in [0.1, 0.15) is 0 Å². The second-order valence-electron chi connectivity index (χ2n) is 6.72. The standard InChI is InChI=1S/C22H23N3O3S/c1-27-19-9-5-6-17(14-19)20-16-29-22(23-20)25-12-10-24(11-13-25)21(26)15-28-18-7-3-2-4-8-18/h2-9,14,16H,10-13,15H2,1H3. The summed E-state index contributed by atoms with van der Waals surface area (Å²) in [5.41, 5.74) is 1.98. The summed E-state index contributed by atoms with van der Waals surface area (Å²) in [5.74, 6) is 1.55. The first-order valence-corrected chi connectivity index (χ1v) is 10.4. The summed E-state index contributed by atoms with van der Waals surface area (Å²) in [7, 11) is 1.66. The third-order valence-electron chi connectivity index (χ3n) is 4.87. The number of ether oxygens (including phenoxy) is 2. The van der Waals surface area contributed by atoms with E-state index < -0.39 is 0 Å². The number of hydrogen-bond donors (Lipinski definition) is 0. The quantitative estimate of drug-likeness (QED) is 0.623. The molecule has 3 aromatic rings. The van der Waals surface area contributed by atoms with E-state index in [1.54, 1.807) is 18.4 Å². The first-order valence-electron chi connectivity index (χ1n) is 9.53. The van der Waals surface area contributed by atoms with Crippen LogP contribution < -0.4 is 14.4 Å². The number of aromatic nitrogens is 1. The van der Waals surface area contributed by atoms with Crippen LogP contribution in [-0.4, -0.2) is 55.7 Å². The van der Waals surface area contributed by atoms with Crippen molar-refractivity contribution < 1.29 is 14.3 Å². The molecule has 1 aliphatic heterocycles. The molecule has 0 spiro atoms. The van der Waals surface area contributed by atoms with Crippen LogP contribution in [0.2, 0.25) is 0 Å². The summed E-state index contributed by atoms with van der Waals surface area (Å²) in [4.78, 5) is 21.3. The molecule has 1 amide bonds. The molecule has 2 heterocycles. The number of hydrogen-bond acceptors (Lipinski definition) is 6. The minimum atomic E-state index is 0.0183. The third kappa shape index (κ3) is 4.68. The zero-order valence-electron chi connectivity index (χ0n) is 16.3. The zero-order valence-corrected chi connectivity index (χ0v) is 17.1. The molecular weight excluding hydrogens is 386 g/mol. The second kappa shape index (κ2) is 8.96. The SMILES string of the molecule is COc1cccc(-c2csc(N3CCN(C(=O)COc4ccccc4)CC3)n2)c1. The second-order valence-corrected chi connectivity index (χ2v) is 7.55. The number of carbonyl (C=O) groups is 1. The van der Waals surface area contributed by atoms with Gasteiger partial charge in [-0.15, -0.1) is 11.3 Å². The average molecular weight is 410 g/mol. The fourth-order valence-electron chi connectivity index (χ4n) is 3.22. The van der Waals surface area contributed by atoms with Crippen LogP contribution in [0.5, 0.6) is 11.5 Å². The summed E-state index contributed by atoms with van der Waals surface area (Å²) in [6, 6.07) is 17.3. The number of rotatable bonds is 6. The average Bonchev–Trinajstić information content (AvgIpc) is 3.29. The summed E-state index contributed by atoms with van der Waals surface area (Å²) >= 11 is 1.63. The Morgan fingerprint density at radius 2 is 1.79 bits per heavy atom. The van der Waals surface area contributed by atoms with Crippen molar-refractivity contribution in [2.75, 3.05) is 44.8 Å². The number of para-hydroxylation sites is 1. The number of benzene rings is 2. The van der Waals surface area contributed by atoms with Gasteiger partial charge in [-0.05, 0) is 24.3 Å². The fourth-order valence-corrected chi connectivity index (χ4v) is 4.11. The molecule has 0 radical (unpaired) electrons. The number of piperazine rings is 1. The van der Waals surface area contributed by atoms with Gasteiger partial charge in [0.15, 0.2) is 11.7 Å². The number of amides is 1. The van der Waals surface area contributed by atoms with Crippen molar-refractivity contribution in [1.29, 1.82) is 0 Å². The van der Waals surface area contributed by atoms with E-state index >= 15 is 0 Å². The monoisotopic (exact) mass is 409 g/mol. The summed E-state index contributed by atoms with van der Waals surface area (Å²) < 4.78 is 10.9. The molecule has 0 unspecified atom stereocenters. The van der Waals surface area contributed by atoms with Crippen LogP contribution in [0, 0.1) is 0 Å². The maximum Gasteiger partial charge on any atom is 0.260 e. The van der Waals surface area contributed by atoms with Gasteiger partial charge in [0.05, 0.1) is 12.8 Å². The Balaban J connectivity index is 1.31. The van der Waals surface area contributed by atoms with Gasteiger partial charge < -0.3 is 19.3 Å². The number of methoxy groups -OCH3 is 1. The van der Waals surface area contributed by atoms with E-state index in [0.29, 0.717) is 18.8 Å². The molecular formula is C22H23N3O3S. The van der Waals surface area contributed by atoms with E-state index in [1.165, 1.54) is 0 Å². The third-order valence-corrected chi connectivity index (χ3v) is 5.77. The van der Waals surface area contributed by atoms with E-state index in [0.717, 1.165) is 35.2 Å². The van der Waals surface area contributed by atoms with Crippen molar-refractivity contribution in [3.8, 4) is 22.8 Å². The number of nitrogens with zero attached hydrogens (tertiary/aromatic N) is 3. The van der Waals surface area contributed by atoms with Crippen molar-refractivity contribution in [3.63, 3.8) is 0 Å². The largest absolute Gasteiger partial charge is 0.497 e. The van der Waals surface area contributed by atoms with E-state index in [2.05, 4.69) is 10.3 Å². The highest BCUT2D eigenvalue weighted by Crippen LogP contribution is 2.29. The van der Waals surface area contributed by atoms with Gasteiger partial charge in [-0.25, -0.2) is 4.98 Å². The molecule has 0 bridgehead atoms. The van der Waals surface area contributed by atoms with Crippen molar-refractivity contribution in [3.05, 3.63) is 60.0 Å². The van der Waals surface area contributed by atoms with Gasteiger partial charge in [0.2, 0.25) is 0 Å². The zero-order chi connectivity index (χ0) is 20.1. The molecule has 0 aliphatic carbocycles. The first kappa shape index (κ1) is 19.3.